The first-order valence-electron chi connectivity index (χ1n) is 26.5. The second-order valence-corrected chi connectivity index (χ2v) is 20.0. The number of unbranched alkanes of at least 4 members (excludes halogenated alkanes) is 3. The van der Waals surface area contributed by atoms with E-state index < -0.39 is 29.3 Å². The average molecular weight is 1110 g/mol. The first kappa shape index (κ1) is 58.3. The van der Waals surface area contributed by atoms with Crippen molar-refractivity contribution in [3.8, 4) is 34.5 Å². The monoisotopic (exact) mass is 1110 g/mol. The number of aromatic nitrogens is 1. The Labute approximate surface area is 467 Å². The normalized spacial score (nSPS) is 12.9. The van der Waals surface area contributed by atoms with Crippen LogP contribution in [0, 0.1) is 17.0 Å². The number of hydrazone groups is 1. The van der Waals surface area contributed by atoms with E-state index in [1.165, 1.54) is 48.9 Å². The third-order valence-corrected chi connectivity index (χ3v) is 14.1. The van der Waals surface area contributed by atoms with Crippen LogP contribution in [-0.2, 0) is 37.0 Å². The number of benzene rings is 6. The molecule has 1 N–H and O–H groups in total. The summed E-state index contributed by atoms with van der Waals surface area (Å²) in [6, 6.07) is 31.7. The number of halogens is 2. The van der Waals surface area contributed by atoms with Gasteiger partial charge in [-0.1, -0.05) is 67.7 Å². The van der Waals surface area contributed by atoms with Crippen LogP contribution in [0.15, 0.2) is 133 Å². The Morgan fingerprint density at radius 2 is 1.51 bits per heavy atom. The lowest BCUT2D eigenvalue weighted by Gasteiger charge is -2.40. The first-order valence-corrected chi connectivity index (χ1v) is 27.3. The number of aliphatic hydroxyl groups excluding tert-OH is 1. The van der Waals surface area contributed by atoms with Crippen molar-refractivity contribution in [1.82, 2.24) is 4.98 Å². The largest absolute Gasteiger partial charge is 0.493 e. The number of methoxy groups -OCH3 is 1. The van der Waals surface area contributed by atoms with Gasteiger partial charge in [0.05, 0.1) is 76.3 Å². The van der Waals surface area contributed by atoms with Gasteiger partial charge in [0, 0.05) is 36.2 Å². The smallest absolute Gasteiger partial charge is 0.336 e. The molecule has 1 aromatic heterocycles. The van der Waals surface area contributed by atoms with E-state index in [9.17, 15) is 14.7 Å². The molecule has 6 aromatic carbocycles. The predicted octanol–water partition coefficient (Wildman–Crippen LogP) is 12.2. The predicted molar refractivity (Wildman–Crippen MR) is 304 cm³/mol. The molecule has 0 radical (unpaired) electrons. The van der Waals surface area contributed by atoms with Gasteiger partial charge in [-0.3, -0.25) is 0 Å². The van der Waals surface area contributed by atoms with Gasteiger partial charge in [-0.15, -0.1) is 0 Å². The standard InChI is InChI=1S/C62H65F2N3O12S/c1-4-58(69)75-30-12-29-74-49-20-19-46-31-44(15-18-47(46)35-49)38-78-55-22-16-43(34-56(55)71-3)17-24-59(70)79-50-21-23-54(48(36-50)37-65-67(25-26-68)61-66-53-13-8-9-14-57(53)80-61)77-39-45-32-51(63)60(52(64)33-45)76-28-11-7-6-10-27-72-40-62(5-2)41-73-42-62/h4,8-9,13-24,31-37,68H,1,5-7,10-12,25-30,38-42H2,2-3H3/b24-17+,65-37+. The molecule has 1 aliphatic rings. The first-order chi connectivity index (χ1) is 39.0. The highest BCUT2D eigenvalue weighted by atomic mass is 32.1. The van der Waals surface area contributed by atoms with Crippen molar-refractivity contribution < 1.29 is 66.1 Å². The van der Waals surface area contributed by atoms with Crippen molar-refractivity contribution in [3.63, 3.8) is 0 Å². The number of fused-ring (bicyclic) bond motifs is 2. The summed E-state index contributed by atoms with van der Waals surface area (Å²) in [5, 5.41) is 18.7. The topological polar surface area (TPSA) is 166 Å². The van der Waals surface area contributed by atoms with Crippen LogP contribution in [-0.4, -0.2) is 94.8 Å². The number of aliphatic hydroxyl groups is 1. The number of hydrogen-bond acceptors (Lipinski definition) is 16. The van der Waals surface area contributed by atoms with Crippen molar-refractivity contribution in [3.05, 3.63) is 162 Å². The second-order valence-electron chi connectivity index (χ2n) is 19.0. The molecule has 15 nitrogen and oxygen atoms in total. The van der Waals surface area contributed by atoms with Gasteiger partial charge in [0.1, 0.15) is 30.5 Å². The minimum atomic E-state index is -0.849. The van der Waals surface area contributed by atoms with E-state index in [4.69, 9.17) is 42.6 Å². The number of hydrogen-bond donors (Lipinski definition) is 1. The number of thiazole rings is 1. The van der Waals surface area contributed by atoms with Crippen molar-refractivity contribution in [1.29, 1.82) is 0 Å². The lowest BCUT2D eigenvalue weighted by atomic mass is 9.84. The van der Waals surface area contributed by atoms with E-state index in [-0.39, 0.29) is 62.1 Å². The quantitative estimate of drug-likeness (QED) is 0.0106. The van der Waals surface area contributed by atoms with Gasteiger partial charge < -0.3 is 47.7 Å². The molecular weight excluding hydrogens is 1050 g/mol. The van der Waals surface area contributed by atoms with Gasteiger partial charge in [0.2, 0.25) is 5.13 Å². The lowest BCUT2D eigenvalue weighted by molar-refractivity contribution is -0.150. The highest BCUT2D eigenvalue weighted by Crippen LogP contribution is 2.34. The summed E-state index contributed by atoms with van der Waals surface area (Å²) in [6.45, 7) is 9.15. The molecule has 7 aromatic rings. The number of ether oxygens (including phenoxy) is 9. The molecule has 2 heterocycles. The van der Waals surface area contributed by atoms with Crippen molar-refractivity contribution in [2.75, 3.05) is 71.5 Å². The molecule has 420 valence electrons. The molecule has 0 saturated carbocycles. The molecule has 0 amide bonds. The molecule has 0 bridgehead atoms. The Morgan fingerprint density at radius 1 is 0.775 bits per heavy atom. The van der Waals surface area contributed by atoms with Crippen LogP contribution in [0.25, 0.3) is 27.1 Å². The summed E-state index contributed by atoms with van der Waals surface area (Å²) in [5.74, 6) is -1.20. The molecule has 8 rings (SSSR count). The fourth-order valence-electron chi connectivity index (χ4n) is 8.44. The summed E-state index contributed by atoms with van der Waals surface area (Å²) >= 11 is 1.40. The zero-order valence-electron chi connectivity index (χ0n) is 44.9. The summed E-state index contributed by atoms with van der Waals surface area (Å²) in [7, 11) is 1.53. The van der Waals surface area contributed by atoms with Crippen molar-refractivity contribution in [2.24, 2.45) is 10.5 Å². The number of carbonyl (C=O) groups is 2. The van der Waals surface area contributed by atoms with Crippen LogP contribution in [0.3, 0.4) is 0 Å². The molecule has 1 aliphatic heterocycles. The van der Waals surface area contributed by atoms with E-state index in [1.807, 2.05) is 60.7 Å². The number of nitrogens with zero attached hydrogens (tertiary/aromatic N) is 3. The Bertz CT molecular complexity index is 3210. The Balaban J connectivity index is 0.874. The van der Waals surface area contributed by atoms with Gasteiger partial charge >= 0.3 is 11.9 Å². The molecule has 0 spiro atoms. The Hall–Kier alpha value is -7.90. The summed E-state index contributed by atoms with van der Waals surface area (Å²) in [5.41, 5.74) is 3.08. The van der Waals surface area contributed by atoms with Crippen LogP contribution >= 0.6 is 11.3 Å². The molecule has 80 heavy (non-hydrogen) atoms. The summed E-state index contributed by atoms with van der Waals surface area (Å²) in [6.07, 6.45) is 10.3. The minimum absolute atomic E-state index is 0.118. The minimum Gasteiger partial charge on any atom is -0.493 e. The van der Waals surface area contributed by atoms with Crippen molar-refractivity contribution >= 4 is 61.7 Å². The highest BCUT2D eigenvalue weighted by Gasteiger charge is 2.37. The molecule has 1 saturated heterocycles. The third kappa shape index (κ3) is 16.6. The zero-order valence-corrected chi connectivity index (χ0v) is 45.7. The molecule has 0 atom stereocenters. The fourth-order valence-corrected chi connectivity index (χ4v) is 9.39. The molecule has 18 heteroatoms. The number of rotatable bonds is 32. The Morgan fingerprint density at radius 3 is 2.27 bits per heavy atom. The second kappa shape index (κ2) is 29.4. The zero-order chi connectivity index (χ0) is 56.1. The SMILES string of the molecule is C=CC(=O)OCCCOc1ccc2cc(COc3ccc(/C=C/C(=O)Oc4ccc(OCc5cc(F)c(OCCCCCCOCC6(CC)COC6)c(F)c5)c(/C=N/N(CCO)c5nc6ccccc6s5)c4)cc3OC)ccc2c1. The van der Waals surface area contributed by atoms with Crippen LogP contribution in [0.1, 0.15) is 67.7 Å². The maximum atomic E-state index is 15.3. The van der Waals surface area contributed by atoms with Crippen LogP contribution in [0.5, 0.6) is 34.5 Å². The van der Waals surface area contributed by atoms with Gasteiger partial charge in [-0.2, -0.15) is 5.10 Å². The van der Waals surface area contributed by atoms with Gasteiger partial charge in [0.25, 0.3) is 0 Å². The van der Waals surface area contributed by atoms with Gasteiger partial charge in [-0.25, -0.2) is 28.4 Å². The van der Waals surface area contributed by atoms with Gasteiger partial charge in [-0.05, 0) is 132 Å². The molecule has 0 aliphatic carbocycles. The Kier molecular flexibility index (Phi) is 21.4. The number of carbonyl (C=O) groups excluding carboxylic acids is 2. The number of anilines is 1. The van der Waals surface area contributed by atoms with E-state index in [2.05, 4.69) is 23.6 Å². The fraction of sp³-hybridized carbons (Fsp3) is 0.323. The van der Waals surface area contributed by atoms with Crippen LogP contribution in [0.2, 0.25) is 0 Å². The average Bonchev–Trinajstić information content (AvgIpc) is 3.91. The van der Waals surface area contributed by atoms with Crippen molar-refractivity contribution in [2.45, 2.75) is 58.7 Å². The lowest BCUT2D eigenvalue weighted by Crippen LogP contribution is -2.45. The maximum Gasteiger partial charge on any atom is 0.336 e. The number of esters is 2. The van der Waals surface area contributed by atoms with E-state index in [1.54, 1.807) is 41.4 Å². The van der Waals surface area contributed by atoms with E-state index in [0.717, 1.165) is 71.5 Å². The number of para-hydroxylation sites is 1. The van der Waals surface area contributed by atoms with Gasteiger partial charge in [0.15, 0.2) is 28.9 Å². The highest BCUT2D eigenvalue weighted by molar-refractivity contribution is 7.22. The summed E-state index contributed by atoms with van der Waals surface area (Å²) < 4.78 is 82.9. The van der Waals surface area contributed by atoms with E-state index in [0.29, 0.717) is 66.2 Å². The molecule has 0 unspecified atom stereocenters. The maximum absolute atomic E-state index is 15.3. The van der Waals surface area contributed by atoms with Crippen LogP contribution in [0.4, 0.5) is 13.9 Å². The third-order valence-electron chi connectivity index (χ3n) is 13.0. The van der Waals surface area contributed by atoms with E-state index >= 15 is 8.78 Å². The molecular formula is C62H65F2N3O12S. The summed E-state index contributed by atoms with van der Waals surface area (Å²) in [4.78, 5) is 29.2. The van der Waals surface area contributed by atoms with Crippen LogP contribution < -0.4 is 33.4 Å². The molecule has 1 fully saturated rings.